The molecule has 1 aliphatic rings. The Hall–Kier alpha value is -4.92. The van der Waals surface area contributed by atoms with Crippen LogP contribution in [0.1, 0.15) is 23.7 Å². The van der Waals surface area contributed by atoms with Crippen LogP contribution in [0.2, 0.25) is 0 Å². The van der Waals surface area contributed by atoms with Gasteiger partial charge in [-0.05, 0) is 55.5 Å². The van der Waals surface area contributed by atoms with Gasteiger partial charge < -0.3 is 9.47 Å². The van der Waals surface area contributed by atoms with Crippen molar-refractivity contribution in [2.24, 2.45) is 0 Å². The molecule has 1 heterocycles. The number of hydrazine groups is 1. The maximum absolute atomic E-state index is 13.4. The number of nitrogens with one attached hydrogen (secondary N) is 1. The molecule has 1 aliphatic heterocycles. The SMILES string of the molecule is CC=CC(=O)N(NC(=O)c1ccccc1OC)C1CC(=O)N(c2ccc(Oc3ccccc3)cc2)C1=O. The molecule has 0 aromatic heterocycles. The van der Waals surface area contributed by atoms with Gasteiger partial charge in [-0.25, -0.2) is 9.91 Å². The predicted molar refractivity (Wildman–Crippen MR) is 136 cm³/mol. The van der Waals surface area contributed by atoms with E-state index in [1.54, 1.807) is 49.4 Å². The van der Waals surface area contributed by atoms with Crippen molar-refractivity contribution in [3.05, 3.63) is 96.6 Å². The van der Waals surface area contributed by atoms with Gasteiger partial charge in [0.25, 0.3) is 17.7 Å². The standard InChI is InChI=1S/C28H25N3O6/c1-3-9-25(32)31(29-27(34)22-12-7-8-13-24(22)36-2)23-18-26(33)30(28(23)35)19-14-16-21(17-15-19)37-20-10-5-4-6-11-20/h3-17,23H,18H2,1-2H3,(H,29,34). The number of anilines is 1. The number of amides is 4. The summed E-state index contributed by atoms with van der Waals surface area (Å²) in [5, 5.41) is 0.891. The van der Waals surface area contributed by atoms with Crippen molar-refractivity contribution >= 4 is 29.3 Å². The molecule has 0 spiro atoms. The lowest BCUT2D eigenvalue weighted by molar-refractivity contribution is -0.137. The van der Waals surface area contributed by atoms with E-state index in [4.69, 9.17) is 9.47 Å². The van der Waals surface area contributed by atoms with Gasteiger partial charge in [0.15, 0.2) is 0 Å². The lowest BCUT2D eigenvalue weighted by atomic mass is 10.2. The Kier molecular flexibility index (Phi) is 7.63. The van der Waals surface area contributed by atoms with Crippen molar-refractivity contribution in [2.45, 2.75) is 19.4 Å². The first-order valence-electron chi connectivity index (χ1n) is 11.5. The molecule has 1 unspecified atom stereocenters. The fraction of sp³-hybridized carbons (Fsp3) is 0.143. The smallest absolute Gasteiger partial charge is 0.273 e. The number of carbonyl (C=O) groups is 4. The number of ether oxygens (including phenoxy) is 2. The Morgan fingerprint density at radius 3 is 2.27 bits per heavy atom. The number of nitrogens with zero attached hydrogens (tertiary/aromatic N) is 2. The summed E-state index contributed by atoms with van der Waals surface area (Å²) in [5.74, 6) is -0.975. The topological polar surface area (TPSA) is 105 Å². The summed E-state index contributed by atoms with van der Waals surface area (Å²) in [4.78, 5) is 53.1. The van der Waals surface area contributed by atoms with E-state index in [-0.39, 0.29) is 12.0 Å². The van der Waals surface area contributed by atoms with Crippen molar-refractivity contribution in [2.75, 3.05) is 12.0 Å². The molecule has 0 bridgehead atoms. The second-order valence-electron chi connectivity index (χ2n) is 8.05. The highest BCUT2D eigenvalue weighted by molar-refractivity contribution is 6.23. The third-order valence-electron chi connectivity index (χ3n) is 5.63. The minimum atomic E-state index is -1.23. The van der Waals surface area contributed by atoms with Crippen LogP contribution in [0, 0.1) is 0 Å². The highest BCUT2D eigenvalue weighted by Gasteiger charge is 2.45. The zero-order valence-electron chi connectivity index (χ0n) is 20.3. The molecule has 1 atom stereocenters. The van der Waals surface area contributed by atoms with Gasteiger partial charge in [-0.2, -0.15) is 0 Å². The lowest BCUT2D eigenvalue weighted by Crippen LogP contribution is -2.54. The first-order chi connectivity index (χ1) is 17.9. The Labute approximate surface area is 213 Å². The third kappa shape index (κ3) is 5.51. The molecular formula is C28H25N3O6. The van der Waals surface area contributed by atoms with E-state index in [1.165, 1.54) is 25.3 Å². The second kappa shape index (κ2) is 11.2. The first kappa shape index (κ1) is 25.2. The first-order valence-corrected chi connectivity index (χ1v) is 11.5. The highest BCUT2D eigenvalue weighted by Crippen LogP contribution is 2.29. The van der Waals surface area contributed by atoms with Gasteiger partial charge in [-0.1, -0.05) is 36.4 Å². The van der Waals surface area contributed by atoms with Crippen LogP contribution in [0.25, 0.3) is 0 Å². The molecule has 1 N–H and O–H groups in total. The highest BCUT2D eigenvalue weighted by atomic mass is 16.5. The maximum atomic E-state index is 13.4. The minimum absolute atomic E-state index is 0.172. The van der Waals surface area contributed by atoms with Gasteiger partial charge in [-0.3, -0.25) is 24.6 Å². The molecule has 0 aliphatic carbocycles. The quantitative estimate of drug-likeness (QED) is 0.301. The van der Waals surface area contributed by atoms with E-state index < -0.39 is 29.7 Å². The summed E-state index contributed by atoms with van der Waals surface area (Å²) < 4.78 is 11.0. The maximum Gasteiger partial charge on any atom is 0.273 e. The van der Waals surface area contributed by atoms with Crippen LogP contribution in [0.5, 0.6) is 17.2 Å². The van der Waals surface area contributed by atoms with E-state index >= 15 is 0 Å². The zero-order valence-corrected chi connectivity index (χ0v) is 20.3. The van der Waals surface area contributed by atoms with Crippen LogP contribution < -0.4 is 19.8 Å². The Morgan fingerprint density at radius 2 is 1.59 bits per heavy atom. The minimum Gasteiger partial charge on any atom is -0.496 e. The van der Waals surface area contributed by atoms with Crippen molar-refractivity contribution in [3.63, 3.8) is 0 Å². The molecule has 1 fully saturated rings. The predicted octanol–water partition coefficient (Wildman–Crippen LogP) is 3.87. The van der Waals surface area contributed by atoms with Crippen LogP contribution >= 0.6 is 0 Å². The van der Waals surface area contributed by atoms with E-state index in [1.807, 2.05) is 30.3 Å². The second-order valence-corrected chi connectivity index (χ2v) is 8.05. The molecule has 3 aromatic rings. The molecule has 1 saturated heterocycles. The van der Waals surface area contributed by atoms with E-state index in [0.29, 0.717) is 22.9 Å². The van der Waals surface area contributed by atoms with Crippen molar-refractivity contribution in [3.8, 4) is 17.2 Å². The number of para-hydroxylation sites is 2. The molecule has 4 rings (SSSR count). The van der Waals surface area contributed by atoms with Crippen molar-refractivity contribution < 1.29 is 28.7 Å². The molecule has 9 heteroatoms. The largest absolute Gasteiger partial charge is 0.496 e. The monoisotopic (exact) mass is 499 g/mol. The summed E-state index contributed by atoms with van der Waals surface area (Å²) in [6, 6.07) is 20.9. The van der Waals surface area contributed by atoms with Crippen LogP contribution in [0.15, 0.2) is 91.0 Å². The average Bonchev–Trinajstić information content (AvgIpc) is 3.21. The normalized spacial score (nSPS) is 15.1. The van der Waals surface area contributed by atoms with Gasteiger partial charge in [-0.15, -0.1) is 0 Å². The van der Waals surface area contributed by atoms with Gasteiger partial charge in [0.1, 0.15) is 23.3 Å². The van der Waals surface area contributed by atoms with Crippen LogP contribution in [-0.4, -0.2) is 41.8 Å². The summed E-state index contributed by atoms with van der Waals surface area (Å²) in [5.41, 5.74) is 2.99. The Morgan fingerprint density at radius 1 is 0.946 bits per heavy atom. The molecule has 4 amide bonds. The number of methoxy groups -OCH3 is 1. The number of hydrogen-bond donors (Lipinski definition) is 1. The van der Waals surface area contributed by atoms with E-state index in [9.17, 15) is 19.2 Å². The van der Waals surface area contributed by atoms with Gasteiger partial charge in [0.05, 0.1) is 24.8 Å². The van der Waals surface area contributed by atoms with Crippen LogP contribution in [-0.2, 0) is 14.4 Å². The molecule has 188 valence electrons. The third-order valence-corrected chi connectivity index (χ3v) is 5.63. The number of carbonyl (C=O) groups excluding carboxylic acids is 4. The number of benzene rings is 3. The van der Waals surface area contributed by atoms with Gasteiger partial charge in [0, 0.05) is 6.08 Å². The molecule has 3 aromatic carbocycles. The van der Waals surface area contributed by atoms with Gasteiger partial charge >= 0.3 is 0 Å². The molecule has 0 saturated carbocycles. The van der Waals surface area contributed by atoms with Crippen LogP contribution in [0.3, 0.4) is 0 Å². The number of imide groups is 1. The summed E-state index contributed by atoms with van der Waals surface area (Å²) in [7, 11) is 1.42. The molecular weight excluding hydrogens is 474 g/mol. The van der Waals surface area contributed by atoms with Crippen molar-refractivity contribution in [1.29, 1.82) is 0 Å². The summed E-state index contributed by atoms with van der Waals surface area (Å²) in [6.07, 6.45) is 2.39. The van der Waals surface area contributed by atoms with Gasteiger partial charge in [0.2, 0.25) is 5.91 Å². The molecule has 9 nitrogen and oxygen atoms in total. The number of allylic oxidation sites excluding steroid dienone is 1. The number of rotatable bonds is 7. The van der Waals surface area contributed by atoms with E-state index in [2.05, 4.69) is 5.43 Å². The fourth-order valence-corrected chi connectivity index (χ4v) is 3.89. The fourth-order valence-electron chi connectivity index (χ4n) is 3.89. The Balaban J connectivity index is 1.55. The lowest BCUT2D eigenvalue weighted by Gasteiger charge is -2.27. The summed E-state index contributed by atoms with van der Waals surface area (Å²) in [6.45, 7) is 1.63. The Bertz CT molecular complexity index is 1340. The molecule has 37 heavy (non-hydrogen) atoms. The number of hydrogen-bond acceptors (Lipinski definition) is 6. The molecule has 0 radical (unpaired) electrons. The van der Waals surface area contributed by atoms with Crippen LogP contribution in [0.4, 0.5) is 5.69 Å². The zero-order chi connectivity index (χ0) is 26.4. The average molecular weight is 500 g/mol. The van der Waals surface area contributed by atoms with E-state index in [0.717, 1.165) is 9.91 Å². The van der Waals surface area contributed by atoms with Crippen molar-refractivity contribution in [1.82, 2.24) is 10.4 Å². The summed E-state index contributed by atoms with van der Waals surface area (Å²) >= 11 is 0.